The molecule has 94 valence electrons. The highest BCUT2D eigenvalue weighted by Crippen LogP contribution is 2.03. The van der Waals surface area contributed by atoms with E-state index in [1.807, 2.05) is 0 Å². The van der Waals surface area contributed by atoms with Gasteiger partial charge in [-0.1, -0.05) is 0 Å². The van der Waals surface area contributed by atoms with Crippen LogP contribution in [0.4, 0.5) is 0 Å². The van der Waals surface area contributed by atoms with E-state index in [1.54, 1.807) is 0 Å². The molecule has 0 aliphatic rings. The normalized spacial score (nSPS) is 16.3. The molecule has 15 heavy (non-hydrogen) atoms. The lowest BCUT2D eigenvalue weighted by Crippen LogP contribution is -2.74. The van der Waals surface area contributed by atoms with Gasteiger partial charge in [0.1, 0.15) is 6.10 Å². The minimum atomic E-state index is -4.41. The molecule has 0 aromatic heterocycles. The SMILES string of the molecule is CC(O)C([NH3+])C(C)(O)O.COS(=O)(=O)[O-]. The van der Waals surface area contributed by atoms with E-state index in [0.717, 1.165) is 7.11 Å². The maximum atomic E-state index is 9.22. The standard InChI is InChI=1S/C5H13NO3.CH4O4S/c1-3(7)4(6)5(2,8)9;1-5-6(2,3)4/h3-4,7-9H,6H2,1-2H3;1H3,(H,2,3,4). The highest BCUT2D eigenvalue weighted by Gasteiger charge is 2.32. The molecule has 0 aromatic rings. The van der Waals surface area contributed by atoms with Crippen LogP contribution in [0.25, 0.3) is 0 Å². The van der Waals surface area contributed by atoms with E-state index in [1.165, 1.54) is 13.8 Å². The molecule has 0 spiro atoms. The Morgan fingerprint density at radius 2 is 1.73 bits per heavy atom. The Balaban J connectivity index is 0. The first-order valence-electron chi connectivity index (χ1n) is 3.89. The summed E-state index contributed by atoms with van der Waals surface area (Å²) in [6.45, 7) is 2.65. The maximum absolute atomic E-state index is 9.22. The van der Waals surface area contributed by atoms with Crippen LogP contribution in [0.3, 0.4) is 0 Å². The Labute approximate surface area is 88.2 Å². The van der Waals surface area contributed by atoms with Crippen molar-refractivity contribution in [2.75, 3.05) is 7.11 Å². The highest BCUT2D eigenvalue weighted by atomic mass is 32.3. The average Bonchev–Trinajstić information content (AvgIpc) is 2.01. The van der Waals surface area contributed by atoms with Gasteiger partial charge >= 0.3 is 0 Å². The van der Waals surface area contributed by atoms with Crippen LogP contribution in [0.15, 0.2) is 0 Å². The fourth-order valence-electron chi connectivity index (χ4n) is 0.457. The summed E-state index contributed by atoms with van der Waals surface area (Å²) >= 11 is 0. The van der Waals surface area contributed by atoms with Gasteiger partial charge in [-0.3, -0.25) is 4.18 Å². The Morgan fingerprint density at radius 3 is 1.73 bits per heavy atom. The van der Waals surface area contributed by atoms with Crippen LogP contribution in [-0.2, 0) is 14.6 Å². The Bertz CT molecular complexity index is 255. The molecule has 0 aliphatic heterocycles. The van der Waals surface area contributed by atoms with E-state index >= 15 is 0 Å². The fourth-order valence-corrected chi connectivity index (χ4v) is 0.457. The zero-order valence-corrected chi connectivity index (χ0v) is 9.56. The van der Waals surface area contributed by atoms with Gasteiger partial charge in [0, 0.05) is 0 Å². The van der Waals surface area contributed by atoms with Crippen molar-refractivity contribution < 1.29 is 38.2 Å². The highest BCUT2D eigenvalue weighted by molar-refractivity contribution is 7.80. The number of hydrogen-bond donors (Lipinski definition) is 4. The average molecular weight is 247 g/mol. The number of rotatable bonds is 3. The molecule has 0 rings (SSSR count). The second-order valence-corrected chi connectivity index (χ2v) is 4.17. The number of hydrogen-bond acceptors (Lipinski definition) is 7. The maximum Gasteiger partial charge on any atom is 0.217 e. The number of aliphatic hydroxyl groups is 3. The minimum Gasteiger partial charge on any atom is -0.726 e. The molecule has 0 heterocycles. The molecular weight excluding hydrogens is 230 g/mol. The van der Waals surface area contributed by atoms with Gasteiger partial charge in [-0.25, -0.2) is 8.42 Å². The predicted octanol–water partition coefficient (Wildman–Crippen LogP) is -3.23. The third-order valence-electron chi connectivity index (χ3n) is 1.49. The molecule has 0 fully saturated rings. The molecular formula is C6H17NO7S. The smallest absolute Gasteiger partial charge is 0.217 e. The second-order valence-electron chi connectivity index (χ2n) is 3.02. The lowest BCUT2D eigenvalue weighted by Gasteiger charge is -2.22. The van der Waals surface area contributed by atoms with Crippen molar-refractivity contribution in [1.82, 2.24) is 0 Å². The molecule has 0 saturated carbocycles. The van der Waals surface area contributed by atoms with Crippen LogP contribution in [0, 0.1) is 0 Å². The third kappa shape index (κ3) is 11.6. The van der Waals surface area contributed by atoms with Gasteiger partial charge in [0.15, 0.2) is 6.04 Å². The molecule has 2 unspecified atom stereocenters. The number of quaternary nitrogens is 1. The van der Waals surface area contributed by atoms with Crippen LogP contribution < -0.4 is 5.73 Å². The molecule has 9 heteroatoms. The lowest BCUT2D eigenvalue weighted by atomic mass is 10.1. The van der Waals surface area contributed by atoms with Crippen LogP contribution in [0.1, 0.15) is 13.8 Å². The van der Waals surface area contributed by atoms with E-state index < -0.39 is 28.3 Å². The van der Waals surface area contributed by atoms with E-state index in [4.69, 9.17) is 15.3 Å². The number of aliphatic hydroxyl groups excluding tert-OH is 1. The molecule has 2 atom stereocenters. The van der Waals surface area contributed by atoms with Crippen molar-refractivity contribution in [2.24, 2.45) is 0 Å². The van der Waals surface area contributed by atoms with Crippen molar-refractivity contribution in [3.05, 3.63) is 0 Å². The van der Waals surface area contributed by atoms with Crippen molar-refractivity contribution >= 4 is 10.4 Å². The van der Waals surface area contributed by atoms with Gasteiger partial charge < -0.3 is 25.6 Å². The molecule has 0 bridgehead atoms. The van der Waals surface area contributed by atoms with E-state index in [0.29, 0.717) is 0 Å². The molecule has 0 aromatic carbocycles. The zero-order valence-electron chi connectivity index (χ0n) is 8.74. The van der Waals surface area contributed by atoms with Crippen LogP contribution in [-0.4, -0.2) is 53.3 Å². The Morgan fingerprint density at radius 1 is 1.47 bits per heavy atom. The molecule has 8 nitrogen and oxygen atoms in total. The quantitative estimate of drug-likeness (QED) is 0.232. The van der Waals surface area contributed by atoms with Crippen LogP contribution >= 0.6 is 0 Å². The summed E-state index contributed by atoms with van der Waals surface area (Å²) < 4.78 is 31.0. The van der Waals surface area contributed by atoms with E-state index in [9.17, 15) is 13.0 Å². The van der Waals surface area contributed by atoms with Gasteiger partial charge in [0.05, 0.1) is 7.11 Å². The molecule has 6 N–H and O–H groups in total. The summed E-state index contributed by atoms with van der Waals surface area (Å²) in [6, 6.07) is -0.766. The van der Waals surface area contributed by atoms with Crippen molar-refractivity contribution in [3.8, 4) is 0 Å². The summed E-state index contributed by atoms with van der Waals surface area (Å²) in [5.74, 6) is -1.88. The summed E-state index contributed by atoms with van der Waals surface area (Å²) in [5, 5.41) is 26.4. The summed E-state index contributed by atoms with van der Waals surface area (Å²) in [4.78, 5) is 0. The predicted molar refractivity (Wildman–Crippen MR) is 47.9 cm³/mol. The topological polar surface area (TPSA) is 155 Å². The first kappa shape index (κ1) is 17.1. The van der Waals surface area contributed by atoms with E-state index in [-0.39, 0.29) is 0 Å². The zero-order chi connectivity index (χ0) is 12.9. The van der Waals surface area contributed by atoms with Crippen LogP contribution in [0.2, 0.25) is 0 Å². The summed E-state index contributed by atoms with van der Waals surface area (Å²) in [6.07, 6.45) is -0.801. The summed E-state index contributed by atoms with van der Waals surface area (Å²) in [7, 11) is -3.60. The monoisotopic (exact) mass is 247 g/mol. The second kappa shape index (κ2) is 6.33. The Kier molecular flexibility index (Phi) is 7.22. The molecule has 0 saturated heterocycles. The summed E-state index contributed by atoms with van der Waals surface area (Å²) in [5.41, 5.74) is 3.36. The van der Waals surface area contributed by atoms with E-state index in [2.05, 4.69) is 9.92 Å². The molecule has 0 radical (unpaired) electrons. The minimum absolute atomic E-state index is 0.766. The van der Waals surface area contributed by atoms with Gasteiger partial charge in [-0.15, -0.1) is 0 Å². The first-order valence-corrected chi connectivity index (χ1v) is 5.22. The third-order valence-corrected chi connectivity index (χ3v) is 1.90. The first-order chi connectivity index (χ1) is 6.41. The lowest BCUT2D eigenvalue weighted by molar-refractivity contribution is -0.493. The van der Waals surface area contributed by atoms with Gasteiger partial charge in [0.2, 0.25) is 16.2 Å². The van der Waals surface area contributed by atoms with Crippen molar-refractivity contribution in [2.45, 2.75) is 31.8 Å². The van der Waals surface area contributed by atoms with Crippen molar-refractivity contribution in [3.63, 3.8) is 0 Å². The van der Waals surface area contributed by atoms with Gasteiger partial charge in [0.25, 0.3) is 0 Å². The Hall–Kier alpha value is -0.290. The molecule has 0 amide bonds. The molecule has 0 aliphatic carbocycles. The van der Waals surface area contributed by atoms with Crippen LogP contribution in [0.5, 0.6) is 0 Å². The fraction of sp³-hybridized carbons (Fsp3) is 1.00. The van der Waals surface area contributed by atoms with Gasteiger partial charge in [-0.05, 0) is 13.8 Å². The largest absolute Gasteiger partial charge is 0.726 e. The van der Waals surface area contributed by atoms with Crippen molar-refractivity contribution in [1.29, 1.82) is 0 Å². The van der Waals surface area contributed by atoms with Gasteiger partial charge in [-0.2, -0.15) is 0 Å².